The van der Waals surface area contributed by atoms with Crippen LogP contribution in [0.25, 0.3) is 0 Å². The molecule has 0 unspecified atom stereocenters. The van der Waals surface area contributed by atoms with Crippen LogP contribution in [0.5, 0.6) is 0 Å². The van der Waals surface area contributed by atoms with Gasteiger partial charge in [-0.2, -0.15) is 5.26 Å². The second kappa shape index (κ2) is 6.75. The van der Waals surface area contributed by atoms with Crippen LogP contribution in [0, 0.1) is 16.7 Å². The maximum Gasteiger partial charge on any atom is 0.240 e. The van der Waals surface area contributed by atoms with Crippen molar-refractivity contribution in [1.29, 1.82) is 5.26 Å². The second-order valence-corrected chi connectivity index (χ2v) is 6.57. The Morgan fingerprint density at radius 1 is 1.00 bits per heavy atom. The molecule has 126 valence electrons. The molecule has 1 aliphatic carbocycles. The molecule has 0 aromatic heterocycles. The number of carbonyl (C=O) groups excluding carboxylic acids is 2. The number of hydrogen-bond donors (Lipinski definition) is 2. The van der Waals surface area contributed by atoms with Gasteiger partial charge in [0.05, 0.1) is 27.4 Å². The van der Waals surface area contributed by atoms with E-state index in [0.717, 1.165) is 0 Å². The highest BCUT2D eigenvalue weighted by Gasteiger charge is 2.56. The minimum Gasteiger partial charge on any atom is -0.325 e. The lowest BCUT2D eigenvalue weighted by molar-refractivity contribution is -0.131. The average Bonchev–Trinajstić information content (AvgIpc) is 3.41. The number of nitriles is 1. The highest BCUT2D eigenvalue weighted by molar-refractivity contribution is 6.44. The zero-order valence-electron chi connectivity index (χ0n) is 13.0. The van der Waals surface area contributed by atoms with E-state index in [1.54, 1.807) is 42.5 Å². The molecule has 0 heterocycles. The Hall–Kier alpha value is -2.55. The number of nitrogens with zero attached hydrogens (tertiary/aromatic N) is 1. The first-order valence-electron chi connectivity index (χ1n) is 7.53. The SMILES string of the molecule is N#Cc1ccc(NC(=O)C2(C(=O)Nc3cccc(Cl)c3Cl)CC2)cc1. The molecule has 0 radical (unpaired) electrons. The van der Waals surface area contributed by atoms with E-state index in [1.807, 2.05) is 6.07 Å². The van der Waals surface area contributed by atoms with Crippen LogP contribution in [-0.4, -0.2) is 11.8 Å². The third-order valence-electron chi connectivity index (χ3n) is 4.09. The van der Waals surface area contributed by atoms with Crippen molar-refractivity contribution in [3.8, 4) is 6.07 Å². The van der Waals surface area contributed by atoms with E-state index < -0.39 is 11.3 Å². The van der Waals surface area contributed by atoms with Gasteiger partial charge in [0.15, 0.2) is 0 Å². The van der Waals surface area contributed by atoms with Crippen LogP contribution in [0.15, 0.2) is 42.5 Å². The molecule has 2 N–H and O–H groups in total. The highest BCUT2D eigenvalue weighted by Crippen LogP contribution is 2.48. The van der Waals surface area contributed by atoms with Crippen molar-refractivity contribution in [1.82, 2.24) is 0 Å². The van der Waals surface area contributed by atoms with Gasteiger partial charge in [0, 0.05) is 5.69 Å². The molecule has 0 saturated heterocycles. The van der Waals surface area contributed by atoms with E-state index in [0.29, 0.717) is 34.8 Å². The van der Waals surface area contributed by atoms with Crippen LogP contribution < -0.4 is 10.6 Å². The Labute approximate surface area is 154 Å². The summed E-state index contributed by atoms with van der Waals surface area (Å²) in [7, 11) is 0. The van der Waals surface area contributed by atoms with Gasteiger partial charge in [-0.15, -0.1) is 0 Å². The minimum atomic E-state index is -1.11. The standard InChI is InChI=1S/C18H13Cl2N3O2/c19-13-2-1-3-14(15(13)20)23-17(25)18(8-9-18)16(24)22-12-6-4-11(10-21)5-7-12/h1-7H,8-9H2,(H,22,24)(H,23,25). The molecule has 1 fully saturated rings. The molecule has 5 nitrogen and oxygen atoms in total. The summed E-state index contributed by atoms with van der Waals surface area (Å²) in [6.07, 6.45) is 0.915. The van der Waals surface area contributed by atoms with E-state index in [-0.39, 0.29) is 10.9 Å². The molecule has 0 atom stereocenters. The summed E-state index contributed by atoms with van der Waals surface area (Å²) in [4.78, 5) is 25.1. The van der Waals surface area contributed by atoms with Gasteiger partial charge in [-0.25, -0.2) is 0 Å². The first kappa shape index (κ1) is 17.3. The van der Waals surface area contributed by atoms with E-state index in [9.17, 15) is 9.59 Å². The van der Waals surface area contributed by atoms with Crippen molar-refractivity contribution in [2.24, 2.45) is 5.41 Å². The van der Waals surface area contributed by atoms with Crippen molar-refractivity contribution in [3.63, 3.8) is 0 Å². The van der Waals surface area contributed by atoms with Gasteiger partial charge in [-0.05, 0) is 49.2 Å². The summed E-state index contributed by atoms with van der Waals surface area (Å²) in [6, 6.07) is 13.4. The lowest BCUT2D eigenvalue weighted by Gasteiger charge is -2.16. The number of amides is 2. The van der Waals surface area contributed by atoms with Gasteiger partial charge in [0.1, 0.15) is 5.41 Å². The smallest absolute Gasteiger partial charge is 0.240 e. The zero-order valence-corrected chi connectivity index (χ0v) is 14.5. The van der Waals surface area contributed by atoms with Gasteiger partial charge < -0.3 is 10.6 Å². The summed E-state index contributed by atoms with van der Waals surface area (Å²) >= 11 is 12.0. The minimum absolute atomic E-state index is 0.237. The molecule has 25 heavy (non-hydrogen) atoms. The number of carbonyl (C=O) groups is 2. The lowest BCUT2D eigenvalue weighted by atomic mass is 10.0. The van der Waals surface area contributed by atoms with Crippen molar-refractivity contribution in [2.45, 2.75) is 12.8 Å². The third kappa shape index (κ3) is 3.46. The fourth-order valence-electron chi connectivity index (χ4n) is 2.40. The van der Waals surface area contributed by atoms with Crippen LogP contribution in [0.3, 0.4) is 0 Å². The van der Waals surface area contributed by atoms with Crippen LogP contribution in [0.4, 0.5) is 11.4 Å². The number of nitrogens with one attached hydrogen (secondary N) is 2. The molecule has 1 saturated carbocycles. The van der Waals surface area contributed by atoms with Crippen molar-refractivity contribution < 1.29 is 9.59 Å². The van der Waals surface area contributed by atoms with Crippen LogP contribution in [0.2, 0.25) is 10.0 Å². The molecule has 7 heteroatoms. The van der Waals surface area contributed by atoms with E-state index in [4.69, 9.17) is 28.5 Å². The Balaban J connectivity index is 1.72. The van der Waals surface area contributed by atoms with Gasteiger partial charge in [-0.1, -0.05) is 29.3 Å². The fourth-order valence-corrected chi connectivity index (χ4v) is 2.75. The normalized spacial score (nSPS) is 14.3. The molecule has 2 amide bonds. The molecular weight excluding hydrogens is 361 g/mol. The molecule has 0 spiro atoms. The molecule has 0 aliphatic heterocycles. The highest BCUT2D eigenvalue weighted by atomic mass is 35.5. The summed E-state index contributed by atoms with van der Waals surface area (Å²) < 4.78 is 0. The number of rotatable bonds is 4. The maximum atomic E-state index is 12.6. The average molecular weight is 374 g/mol. The maximum absolute atomic E-state index is 12.6. The van der Waals surface area contributed by atoms with Crippen molar-refractivity contribution in [3.05, 3.63) is 58.1 Å². The van der Waals surface area contributed by atoms with Gasteiger partial charge >= 0.3 is 0 Å². The molecule has 3 rings (SSSR count). The fraction of sp³-hybridized carbons (Fsp3) is 0.167. The van der Waals surface area contributed by atoms with E-state index >= 15 is 0 Å². The van der Waals surface area contributed by atoms with Crippen LogP contribution in [-0.2, 0) is 9.59 Å². The van der Waals surface area contributed by atoms with Crippen molar-refractivity contribution >= 4 is 46.4 Å². The van der Waals surface area contributed by atoms with E-state index in [1.165, 1.54) is 0 Å². The first-order valence-corrected chi connectivity index (χ1v) is 8.29. The van der Waals surface area contributed by atoms with Crippen LogP contribution >= 0.6 is 23.2 Å². The Bertz CT molecular complexity index is 884. The lowest BCUT2D eigenvalue weighted by Crippen LogP contribution is -2.35. The van der Waals surface area contributed by atoms with Gasteiger partial charge in [-0.3, -0.25) is 9.59 Å². The number of benzene rings is 2. The molecule has 2 aromatic carbocycles. The summed E-state index contributed by atoms with van der Waals surface area (Å²) in [6.45, 7) is 0. The summed E-state index contributed by atoms with van der Waals surface area (Å²) in [5, 5.41) is 14.8. The predicted molar refractivity (Wildman–Crippen MR) is 96.5 cm³/mol. The third-order valence-corrected chi connectivity index (χ3v) is 4.91. The molecule has 2 aromatic rings. The number of halogens is 2. The number of hydrogen-bond acceptors (Lipinski definition) is 3. The topological polar surface area (TPSA) is 82.0 Å². The Morgan fingerprint density at radius 3 is 2.24 bits per heavy atom. The molecule has 1 aliphatic rings. The van der Waals surface area contributed by atoms with E-state index in [2.05, 4.69) is 10.6 Å². The first-order chi connectivity index (χ1) is 12.0. The monoisotopic (exact) mass is 373 g/mol. The number of anilines is 2. The quantitative estimate of drug-likeness (QED) is 0.786. The zero-order chi connectivity index (χ0) is 18.0. The summed E-state index contributed by atoms with van der Waals surface area (Å²) in [5.41, 5.74) is 0.285. The molecular formula is C18H13Cl2N3O2. The largest absolute Gasteiger partial charge is 0.325 e. The molecule has 0 bridgehead atoms. The van der Waals surface area contributed by atoms with Gasteiger partial charge in [0.2, 0.25) is 11.8 Å². The Morgan fingerprint density at radius 2 is 1.64 bits per heavy atom. The van der Waals surface area contributed by atoms with Crippen LogP contribution in [0.1, 0.15) is 18.4 Å². The predicted octanol–water partition coefficient (Wildman–Crippen LogP) is 4.22. The van der Waals surface area contributed by atoms with Crippen molar-refractivity contribution in [2.75, 3.05) is 10.6 Å². The Kier molecular flexibility index (Phi) is 4.67. The second-order valence-electron chi connectivity index (χ2n) is 5.78. The summed E-state index contributed by atoms with van der Waals surface area (Å²) in [5.74, 6) is -0.796. The van der Waals surface area contributed by atoms with Gasteiger partial charge in [0.25, 0.3) is 0 Å².